The van der Waals surface area contributed by atoms with Crippen LogP contribution in [0, 0.1) is 0 Å². The Labute approximate surface area is 112 Å². The van der Waals surface area contributed by atoms with Crippen LogP contribution >= 0.6 is 0 Å². The van der Waals surface area contributed by atoms with Gasteiger partial charge in [-0.3, -0.25) is 0 Å². The van der Waals surface area contributed by atoms with E-state index in [4.69, 9.17) is 14.2 Å². The summed E-state index contributed by atoms with van der Waals surface area (Å²) >= 11 is 0. The molecule has 0 saturated carbocycles. The zero-order valence-corrected chi connectivity index (χ0v) is 11.1. The van der Waals surface area contributed by atoms with Gasteiger partial charge in [0.15, 0.2) is 11.5 Å². The molecule has 100 valence electrons. The Kier molecular flexibility index (Phi) is 3.80. The topological polar surface area (TPSA) is 47.9 Å². The SMILES string of the molecule is COc1ccc(-c2cccc(O)c2OC)c(OC)c1. The first kappa shape index (κ1) is 13.1. The molecule has 4 nitrogen and oxygen atoms in total. The zero-order valence-electron chi connectivity index (χ0n) is 11.1. The lowest BCUT2D eigenvalue weighted by Gasteiger charge is -2.14. The van der Waals surface area contributed by atoms with Gasteiger partial charge < -0.3 is 19.3 Å². The molecule has 0 saturated heterocycles. The van der Waals surface area contributed by atoms with E-state index in [9.17, 15) is 5.11 Å². The standard InChI is InChI=1S/C15H16O4/c1-17-10-7-8-11(14(9-10)18-2)12-5-4-6-13(16)15(12)19-3/h4-9,16H,1-3H3. The van der Waals surface area contributed by atoms with Crippen LogP contribution in [0.4, 0.5) is 0 Å². The van der Waals surface area contributed by atoms with Crippen molar-refractivity contribution in [3.63, 3.8) is 0 Å². The third-order valence-electron chi connectivity index (χ3n) is 2.90. The van der Waals surface area contributed by atoms with Gasteiger partial charge in [0.2, 0.25) is 0 Å². The fourth-order valence-electron chi connectivity index (χ4n) is 1.97. The number of aromatic hydroxyl groups is 1. The van der Waals surface area contributed by atoms with Crippen LogP contribution in [0.3, 0.4) is 0 Å². The van der Waals surface area contributed by atoms with Gasteiger partial charge in [0.1, 0.15) is 11.5 Å². The van der Waals surface area contributed by atoms with Crippen molar-refractivity contribution in [1.29, 1.82) is 0 Å². The number of hydrogen-bond acceptors (Lipinski definition) is 4. The lowest BCUT2D eigenvalue weighted by molar-refractivity contribution is 0.374. The summed E-state index contributed by atoms with van der Waals surface area (Å²) in [7, 11) is 4.71. The van der Waals surface area contributed by atoms with Gasteiger partial charge >= 0.3 is 0 Å². The number of para-hydroxylation sites is 1. The molecule has 0 fully saturated rings. The molecule has 4 heteroatoms. The molecule has 0 amide bonds. The van der Waals surface area contributed by atoms with E-state index in [2.05, 4.69) is 0 Å². The van der Waals surface area contributed by atoms with Crippen LogP contribution in [-0.4, -0.2) is 26.4 Å². The van der Waals surface area contributed by atoms with Crippen LogP contribution in [0.2, 0.25) is 0 Å². The predicted molar refractivity (Wildman–Crippen MR) is 73.2 cm³/mol. The Balaban J connectivity index is 2.61. The molecule has 2 rings (SSSR count). The van der Waals surface area contributed by atoms with E-state index in [0.717, 1.165) is 11.1 Å². The van der Waals surface area contributed by atoms with Crippen LogP contribution in [-0.2, 0) is 0 Å². The zero-order chi connectivity index (χ0) is 13.8. The third-order valence-corrected chi connectivity index (χ3v) is 2.90. The monoisotopic (exact) mass is 260 g/mol. The largest absolute Gasteiger partial charge is 0.504 e. The van der Waals surface area contributed by atoms with Crippen molar-refractivity contribution >= 4 is 0 Å². The molecule has 0 bridgehead atoms. The Morgan fingerprint density at radius 3 is 2.26 bits per heavy atom. The average molecular weight is 260 g/mol. The maximum Gasteiger partial charge on any atom is 0.168 e. The average Bonchev–Trinajstić information content (AvgIpc) is 2.46. The molecular formula is C15H16O4. The smallest absolute Gasteiger partial charge is 0.168 e. The summed E-state index contributed by atoms with van der Waals surface area (Å²) in [5.74, 6) is 1.88. The molecule has 0 spiro atoms. The second-order valence-corrected chi connectivity index (χ2v) is 3.92. The molecule has 2 aromatic carbocycles. The van der Waals surface area contributed by atoms with E-state index in [0.29, 0.717) is 17.2 Å². The van der Waals surface area contributed by atoms with Crippen LogP contribution in [0.15, 0.2) is 36.4 Å². The fraction of sp³-hybridized carbons (Fsp3) is 0.200. The molecule has 0 unspecified atom stereocenters. The summed E-state index contributed by atoms with van der Waals surface area (Å²) in [4.78, 5) is 0. The molecule has 0 aliphatic rings. The highest BCUT2D eigenvalue weighted by molar-refractivity contribution is 5.78. The predicted octanol–water partition coefficient (Wildman–Crippen LogP) is 3.09. The minimum atomic E-state index is 0.0953. The number of benzene rings is 2. The molecule has 0 aromatic heterocycles. The van der Waals surface area contributed by atoms with E-state index < -0.39 is 0 Å². The second-order valence-electron chi connectivity index (χ2n) is 3.92. The normalized spacial score (nSPS) is 10.1. The number of hydrogen-bond donors (Lipinski definition) is 1. The van der Waals surface area contributed by atoms with Crippen molar-refractivity contribution in [2.75, 3.05) is 21.3 Å². The lowest BCUT2D eigenvalue weighted by Crippen LogP contribution is -1.93. The molecule has 0 aliphatic heterocycles. The molecule has 0 heterocycles. The second kappa shape index (κ2) is 5.52. The van der Waals surface area contributed by atoms with Crippen LogP contribution in [0.1, 0.15) is 0 Å². The van der Waals surface area contributed by atoms with Crippen LogP contribution in [0.5, 0.6) is 23.0 Å². The number of phenolic OH excluding ortho intramolecular Hbond substituents is 1. The minimum Gasteiger partial charge on any atom is -0.504 e. The molecular weight excluding hydrogens is 244 g/mol. The van der Waals surface area contributed by atoms with Crippen molar-refractivity contribution in [1.82, 2.24) is 0 Å². The van der Waals surface area contributed by atoms with E-state index in [1.165, 1.54) is 7.11 Å². The van der Waals surface area contributed by atoms with Crippen LogP contribution < -0.4 is 14.2 Å². The Morgan fingerprint density at radius 2 is 1.63 bits per heavy atom. The molecule has 1 N–H and O–H groups in total. The maximum atomic E-state index is 9.83. The first-order valence-corrected chi connectivity index (χ1v) is 5.79. The summed E-state index contributed by atoms with van der Waals surface area (Å²) in [5, 5.41) is 9.83. The quantitative estimate of drug-likeness (QED) is 0.917. The van der Waals surface area contributed by atoms with Crippen LogP contribution in [0.25, 0.3) is 11.1 Å². The van der Waals surface area contributed by atoms with E-state index in [-0.39, 0.29) is 5.75 Å². The van der Waals surface area contributed by atoms with Gasteiger partial charge in [0.25, 0.3) is 0 Å². The highest BCUT2D eigenvalue weighted by Crippen LogP contribution is 2.42. The number of methoxy groups -OCH3 is 3. The minimum absolute atomic E-state index is 0.0953. The van der Waals surface area contributed by atoms with Gasteiger partial charge in [-0.15, -0.1) is 0 Å². The number of rotatable bonds is 4. The summed E-state index contributed by atoms with van der Waals surface area (Å²) in [6.07, 6.45) is 0. The molecule has 0 aliphatic carbocycles. The van der Waals surface area contributed by atoms with Gasteiger partial charge in [-0.1, -0.05) is 12.1 Å². The van der Waals surface area contributed by atoms with E-state index in [1.807, 2.05) is 18.2 Å². The van der Waals surface area contributed by atoms with Gasteiger partial charge in [-0.2, -0.15) is 0 Å². The summed E-state index contributed by atoms with van der Waals surface area (Å²) < 4.78 is 15.8. The molecule has 0 atom stereocenters. The molecule has 0 radical (unpaired) electrons. The van der Waals surface area contributed by atoms with Gasteiger partial charge in [0, 0.05) is 17.2 Å². The first-order chi connectivity index (χ1) is 9.21. The fourth-order valence-corrected chi connectivity index (χ4v) is 1.97. The highest BCUT2D eigenvalue weighted by atomic mass is 16.5. The lowest BCUT2D eigenvalue weighted by atomic mass is 10.0. The van der Waals surface area contributed by atoms with Gasteiger partial charge in [-0.25, -0.2) is 0 Å². The van der Waals surface area contributed by atoms with Crippen molar-refractivity contribution in [2.45, 2.75) is 0 Å². The van der Waals surface area contributed by atoms with Gasteiger partial charge in [0.05, 0.1) is 21.3 Å². The molecule has 2 aromatic rings. The van der Waals surface area contributed by atoms with Crippen molar-refractivity contribution in [3.05, 3.63) is 36.4 Å². The maximum absolute atomic E-state index is 9.83. The Hall–Kier alpha value is -2.36. The summed E-state index contributed by atoms with van der Waals surface area (Å²) in [6, 6.07) is 10.7. The Bertz CT molecular complexity index is 578. The first-order valence-electron chi connectivity index (χ1n) is 5.79. The van der Waals surface area contributed by atoms with E-state index in [1.54, 1.807) is 32.4 Å². The summed E-state index contributed by atoms with van der Waals surface area (Å²) in [6.45, 7) is 0. The number of phenols is 1. The van der Waals surface area contributed by atoms with Crippen molar-refractivity contribution in [3.8, 4) is 34.1 Å². The summed E-state index contributed by atoms with van der Waals surface area (Å²) in [5.41, 5.74) is 1.60. The highest BCUT2D eigenvalue weighted by Gasteiger charge is 2.14. The van der Waals surface area contributed by atoms with Crippen molar-refractivity contribution in [2.24, 2.45) is 0 Å². The Morgan fingerprint density at radius 1 is 0.842 bits per heavy atom. The molecule has 19 heavy (non-hydrogen) atoms. The van der Waals surface area contributed by atoms with Crippen molar-refractivity contribution < 1.29 is 19.3 Å². The van der Waals surface area contributed by atoms with Gasteiger partial charge in [-0.05, 0) is 18.2 Å². The van der Waals surface area contributed by atoms with E-state index >= 15 is 0 Å². The number of ether oxygens (including phenoxy) is 3. The third kappa shape index (κ3) is 2.42.